The zero-order valence-corrected chi connectivity index (χ0v) is 8.99. The minimum Gasteiger partial charge on any atom is -0.277 e. The highest BCUT2D eigenvalue weighted by atomic mass is 16.2. The van der Waals surface area contributed by atoms with Gasteiger partial charge >= 0.3 is 6.03 Å². The molecule has 1 heterocycles. The van der Waals surface area contributed by atoms with Gasteiger partial charge in [-0.25, -0.2) is 4.79 Å². The van der Waals surface area contributed by atoms with Gasteiger partial charge in [0.2, 0.25) is 11.8 Å². The molecular formula is C11H14N2O3. The Balaban J connectivity index is 1.73. The zero-order valence-electron chi connectivity index (χ0n) is 8.99. The summed E-state index contributed by atoms with van der Waals surface area (Å²) in [5.41, 5.74) is -0.878. The van der Waals surface area contributed by atoms with Crippen LogP contribution in [0.1, 0.15) is 32.1 Å². The Labute approximate surface area is 93.2 Å². The van der Waals surface area contributed by atoms with Crippen LogP contribution in [0.25, 0.3) is 0 Å². The number of rotatable bonds is 3. The third kappa shape index (κ3) is 1.34. The molecule has 1 spiro atoms. The molecule has 3 aliphatic rings. The maximum absolute atomic E-state index is 12.0. The van der Waals surface area contributed by atoms with Gasteiger partial charge in [0.15, 0.2) is 0 Å². The van der Waals surface area contributed by atoms with Crippen LogP contribution in [0.3, 0.4) is 0 Å². The lowest BCUT2D eigenvalue weighted by molar-refractivity contribution is -0.144. The third-order valence-corrected chi connectivity index (χ3v) is 3.76. The summed E-state index contributed by atoms with van der Waals surface area (Å²) >= 11 is 0. The molecule has 3 fully saturated rings. The van der Waals surface area contributed by atoms with Gasteiger partial charge in [0.05, 0.1) is 0 Å². The molecule has 0 aromatic rings. The first-order valence-corrected chi connectivity index (χ1v) is 5.81. The van der Waals surface area contributed by atoms with Gasteiger partial charge in [-0.1, -0.05) is 12.8 Å². The van der Waals surface area contributed by atoms with E-state index >= 15 is 0 Å². The topological polar surface area (TPSA) is 66.5 Å². The summed E-state index contributed by atoms with van der Waals surface area (Å²) in [4.78, 5) is 36.3. The molecule has 86 valence electrons. The Kier molecular flexibility index (Phi) is 1.87. The number of imide groups is 2. The number of nitrogens with one attached hydrogen (secondary N) is 1. The second-order valence-electron chi connectivity index (χ2n) is 5.03. The number of carbonyl (C=O) groups excluding carboxylic acids is 3. The van der Waals surface area contributed by atoms with Gasteiger partial charge < -0.3 is 0 Å². The maximum atomic E-state index is 12.0. The van der Waals surface area contributed by atoms with E-state index < -0.39 is 17.4 Å². The number of hydrogen-bond donors (Lipinski definition) is 1. The molecule has 2 saturated carbocycles. The van der Waals surface area contributed by atoms with E-state index in [0.717, 1.165) is 6.42 Å². The highest BCUT2D eigenvalue weighted by Crippen LogP contribution is 2.49. The first kappa shape index (κ1) is 9.81. The van der Waals surface area contributed by atoms with E-state index in [9.17, 15) is 14.4 Å². The van der Waals surface area contributed by atoms with Gasteiger partial charge in [0.25, 0.3) is 0 Å². The van der Waals surface area contributed by atoms with Crippen molar-refractivity contribution in [2.45, 2.75) is 32.1 Å². The largest absolute Gasteiger partial charge is 0.330 e. The molecule has 2 aliphatic carbocycles. The molecule has 1 aliphatic heterocycles. The molecule has 16 heavy (non-hydrogen) atoms. The number of amides is 4. The number of barbiturate groups is 1. The minimum absolute atomic E-state index is 0.276. The zero-order chi connectivity index (χ0) is 11.3. The lowest BCUT2D eigenvalue weighted by Crippen LogP contribution is -2.59. The fourth-order valence-corrected chi connectivity index (χ4v) is 2.22. The van der Waals surface area contributed by atoms with Gasteiger partial charge in [-0.3, -0.25) is 19.8 Å². The summed E-state index contributed by atoms with van der Waals surface area (Å²) in [7, 11) is 0. The van der Waals surface area contributed by atoms with Crippen molar-refractivity contribution in [1.82, 2.24) is 10.2 Å². The van der Waals surface area contributed by atoms with Crippen molar-refractivity contribution in [3.05, 3.63) is 0 Å². The van der Waals surface area contributed by atoms with Crippen LogP contribution >= 0.6 is 0 Å². The van der Waals surface area contributed by atoms with Gasteiger partial charge in [0.1, 0.15) is 5.41 Å². The molecular weight excluding hydrogens is 208 g/mol. The van der Waals surface area contributed by atoms with Gasteiger partial charge in [-0.2, -0.15) is 0 Å². The van der Waals surface area contributed by atoms with Crippen molar-refractivity contribution in [1.29, 1.82) is 0 Å². The summed E-state index contributed by atoms with van der Waals surface area (Å²) in [6.07, 6.45) is 4.46. The average Bonchev–Trinajstić information content (AvgIpc) is 3.12. The van der Waals surface area contributed by atoms with E-state index in [1.807, 2.05) is 0 Å². The van der Waals surface area contributed by atoms with Crippen molar-refractivity contribution in [3.63, 3.8) is 0 Å². The van der Waals surface area contributed by atoms with Crippen LogP contribution in [0.4, 0.5) is 4.79 Å². The SMILES string of the molecule is O=C1NC(=O)C2(CC2)C(=O)N1CCC1CC1. The van der Waals surface area contributed by atoms with Gasteiger partial charge in [-0.05, 0) is 25.2 Å². The number of hydrogen-bond acceptors (Lipinski definition) is 3. The molecule has 3 rings (SSSR count). The number of nitrogens with zero attached hydrogens (tertiary/aromatic N) is 1. The normalized spacial score (nSPS) is 27.2. The van der Waals surface area contributed by atoms with E-state index in [1.54, 1.807) is 0 Å². The Hall–Kier alpha value is -1.39. The van der Waals surface area contributed by atoms with Gasteiger partial charge in [-0.15, -0.1) is 0 Å². The molecule has 0 bridgehead atoms. The quantitative estimate of drug-likeness (QED) is 0.713. The molecule has 0 unspecified atom stereocenters. The second kappa shape index (κ2) is 3.06. The first-order chi connectivity index (χ1) is 7.63. The molecule has 0 atom stereocenters. The van der Waals surface area contributed by atoms with Crippen molar-refractivity contribution < 1.29 is 14.4 Å². The fourth-order valence-electron chi connectivity index (χ4n) is 2.22. The van der Waals surface area contributed by atoms with E-state index in [2.05, 4.69) is 5.32 Å². The monoisotopic (exact) mass is 222 g/mol. The van der Waals surface area contributed by atoms with E-state index in [0.29, 0.717) is 25.3 Å². The molecule has 0 radical (unpaired) electrons. The molecule has 4 amide bonds. The summed E-state index contributed by atoms with van der Waals surface area (Å²) < 4.78 is 0. The van der Waals surface area contributed by atoms with Crippen LogP contribution in [0.15, 0.2) is 0 Å². The lowest BCUT2D eigenvalue weighted by Gasteiger charge is -2.30. The van der Waals surface area contributed by atoms with Crippen molar-refractivity contribution in [2.75, 3.05) is 6.54 Å². The summed E-state index contributed by atoms with van der Waals surface area (Å²) in [5.74, 6) is 0.000420. The highest BCUT2D eigenvalue weighted by molar-refractivity contribution is 6.20. The van der Waals surface area contributed by atoms with Crippen LogP contribution in [0.5, 0.6) is 0 Å². The molecule has 0 aromatic heterocycles. The van der Waals surface area contributed by atoms with Crippen LogP contribution in [0.2, 0.25) is 0 Å². The number of carbonyl (C=O) groups is 3. The standard InChI is InChI=1S/C11H14N2O3/c14-8-11(4-5-11)9(15)13(10(16)12-8)6-3-7-1-2-7/h7H,1-6H2,(H,12,14,16). The Morgan fingerprint density at radius 2 is 1.94 bits per heavy atom. The van der Waals surface area contributed by atoms with Crippen LogP contribution < -0.4 is 5.32 Å². The second-order valence-corrected chi connectivity index (χ2v) is 5.03. The van der Waals surface area contributed by atoms with E-state index in [-0.39, 0.29) is 5.91 Å². The Bertz CT molecular complexity index is 383. The Morgan fingerprint density at radius 3 is 2.50 bits per heavy atom. The molecule has 0 aromatic carbocycles. The summed E-state index contributed by atoms with van der Waals surface area (Å²) in [6.45, 7) is 0.463. The molecule has 1 saturated heterocycles. The highest BCUT2D eigenvalue weighted by Gasteiger charge is 2.62. The fraction of sp³-hybridized carbons (Fsp3) is 0.727. The third-order valence-electron chi connectivity index (χ3n) is 3.76. The van der Waals surface area contributed by atoms with Gasteiger partial charge in [0, 0.05) is 6.54 Å². The van der Waals surface area contributed by atoms with Crippen molar-refractivity contribution in [3.8, 4) is 0 Å². The summed E-state index contributed by atoms with van der Waals surface area (Å²) in [6, 6.07) is -0.534. The summed E-state index contributed by atoms with van der Waals surface area (Å²) in [5, 5.41) is 2.28. The van der Waals surface area contributed by atoms with Crippen LogP contribution in [-0.4, -0.2) is 29.3 Å². The Morgan fingerprint density at radius 1 is 1.25 bits per heavy atom. The van der Waals surface area contributed by atoms with Crippen molar-refractivity contribution >= 4 is 17.8 Å². The number of urea groups is 1. The van der Waals surface area contributed by atoms with E-state index in [4.69, 9.17) is 0 Å². The molecule has 1 N–H and O–H groups in total. The lowest BCUT2D eigenvalue weighted by atomic mass is 10.0. The minimum atomic E-state index is -0.878. The van der Waals surface area contributed by atoms with Crippen molar-refractivity contribution in [2.24, 2.45) is 11.3 Å². The predicted octanol–water partition coefficient (Wildman–Crippen LogP) is 0.645. The van der Waals surface area contributed by atoms with Crippen LogP contribution in [-0.2, 0) is 9.59 Å². The molecule has 5 nitrogen and oxygen atoms in total. The van der Waals surface area contributed by atoms with Crippen LogP contribution in [0, 0.1) is 11.3 Å². The molecule has 5 heteroatoms. The predicted molar refractivity (Wildman–Crippen MR) is 54.3 cm³/mol. The van der Waals surface area contributed by atoms with E-state index in [1.165, 1.54) is 17.7 Å². The first-order valence-electron chi connectivity index (χ1n) is 5.81. The maximum Gasteiger partial charge on any atom is 0.330 e. The average molecular weight is 222 g/mol. The smallest absolute Gasteiger partial charge is 0.277 e.